The molecule has 2 amide bonds. The average molecular weight is 324 g/mol. The number of rotatable bonds is 6. The molecule has 4 heteroatoms. The molecule has 0 aromatic heterocycles. The lowest BCUT2D eigenvalue weighted by Gasteiger charge is -2.21. The first-order valence-corrected chi connectivity index (χ1v) is 8.11. The number of carbonyl (C=O) groups excluding carboxylic acids is 2. The van der Waals surface area contributed by atoms with E-state index in [0.717, 1.165) is 11.1 Å². The molecule has 0 aliphatic heterocycles. The highest BCUT2D eigenvalue weighted by atomic mass is 16.2. The second-order valence-corrected chi connectivity index (χ2v) is 6.06. The Hall–Kier alpha value is -2.62. The lowest BCUT2D eigenvalue weighted by molar-refractivity contribution is -0.129. The van der Waals surface area contributed by atoms with Crippen LogP contribution in [0.2, 0.25) is 0 Å². The van der Waals surface area contributed by atoms with E-state index in [-0.39, 0.29) is 11.8 Å². The Morgan fingerprint density at radius 2 is 1.67 bits per heavy atom. The van der Waals surface area contributed by atoms with E-state index in [1.165, 1.54) is 5.56 Å². The van der Waals surface area contributed by atoms with Gasteiger partial charge in [0.1, 0.15) is 0 Å². The molecule has 2 rings (SSSR count). The van der Waals surface area contributed by atoms with Gasteiger partial charge in [0, 0.05) is 32.1 Å². The van der Waals surface area contributed by atoms with Gasteiger partial charge in [-0.1, -0.05) is 47.5 Å². The van der Waals surface area contributed by atoms with Crippen molar-refractivity contribution in [3.05, 3.63) is 70.8 Å². The van der Waals surface area contributed by atoms with Crippen LogP contribution >= 0.6 is 0 Å². The molecule has 0 fully saturated rings. The van der Waals surface area contributed by atoms with Crippen molar-refractivity contribution in [1.82, 2.24) is 10.2 Å². The van der Waals surface area contributed by atoms with E-state index in [1.807, 2.05) is 50.2 Å². The van der Waals surface area contributed by atoms with Gasteiger partial charge in [-0.05, 0) is 31.5 Å². The predicted molar refractivity (Wildman–Crippen MR) is 95.8 cm³/mol. The summed E-state index contributed by atoms with van der Waals surface area (Å²) in [5.41, 5.74) is 3.95. The van der Waals surface area contributed by atoms with Crippen molar-refractivity contribution < 1.29 is 9.59 Å². The monoisotopic (exact) mass is 324 g/mol. The minimum Gasteiger partial charge on any atom is -0.350 e. The van der Waals surface area contributed by atoms with Crippen LogP contribution in [0, 0.1) is 13.8 Å². The number of amides is 2. The molecule has 1 N–H and O–H groups in total. The molecular weight excluding hydrogens is 300 g/mol. The number of nitrogens with zero attached hydrogens (tertiary/aromatic N) is 1. The van der Waals surface area contributed by atoms with Gasteiger partial charge in [-0.25, -0.2) is 0 Å². The Morgan fingerprint density at radius 3 is 2.29 bits per heavy atom. The van der Waals surface area contributed by atoms with E-state index >= 15 is 0 Å². The molecule has 0 saturated carbocycles. The zero-order chi connectivity index (χ0) is 17.5. The smallest absolute Gasteiger partial charge is 0.251 e. The number of nitrogens with one attached hydrogen (secondary N) is 1. The summed E-state index contributed by atoms with van der Waals surface area (Å²) in [6, 6.07) is 15.6. The molecular formula is C20H24N2O2. The molecule has 2 aromatic rings. The maximum Gasteiger partial charge on any atom is 0.251 e. The van der Waals surface area contributed by atoms with E-state index in [1.54, 1.807) is 17.9 Å². The molecule has 0 spiro atoms. The van der Waals surface area contributed by atoms with Crippen LogP contribution in [0.25, 0.3) is 0 Å². The summed E-state index contributed by atoms with van der Waals surface area (Å²) >= 11 is 0. The molecule has 0 saturated heterocycles. The Morgan fingerprint density at radius 1 is 1.00 bits per heavy atom. The molecule has 0 aliphatic carbocycles. The number of benzene rings is 2. The van der Waals surface area contributed by atoms with E-state index in [2.05, 4.69) is 11.4 Å². The van der Waals surface area contributed by atoms with Crippen LogP contribution in [0.4, 0.5) is 0 Å². The highest BCUT2D eigenvalue weighted by Gasteiger charge is 2.11. The quantitative estimate of drug-likeness (QED) is 0.888. The Kier molecular flexibility index (Phi) is 6.13. The molecule has 0 unspecified atom stereocenters. The van der Waals surface area contributed by atoms with Gasteiger partial charge >= 0.3 is 0 Å². The number of carbonyl (C=O) groups is 2. The van der Waals surface area contributed by atoms with Crippen LogP contribution in [0.1, 0.15) is 34.0 Å². The molecule has 24 heavy (non-hydrogen) atoms. The van der Waals surface area contributed by atoms with Crippen molar-refractivity contribution in [2.75, 3.05) is 13.1 Å². The minimum absolute atomic E-state index is 0.00121. The van der Waals surface area contributed by atoms with Crippen LogP contribution in [-0.4, -0.2) is 29.8 Å². The lowest BCUT2D eigenvalue weighted by atomic mass is 10.1. The van der Waals surface area contributed by atoms with Crippen LogP contribution < -0.4 is 5.32 Å². The largest absolute Gasteiger partial charge is 0.350 e. The van der Waals surface area contributed by atoms with Gasteiger partial charge in [-0.2, -0.15) is 0 Å². The Bertz CT molecular complexity index is 725. The third-order valence-electron chi connectivity index (χ3n) is 3.85. The fourth-order valence-electron chi connectivity index (χ4n) is 2.57. The summed E-state index contributed by atoms with van der Waals surface area (Å²) in [7, 11) is 0. The standard InChI is InChI=1S/C20H24N2O2/c1-15-6-4-8-18(12-15)14-22(17(3)23)11-10-21-20(24)19-9-5-7-16(2)13-19/h4-9,12-13H,10-11,14H2,1-3H3,(H,21,24). The van der Waals surface area contributed by atoms with Crippen LogP contribution in [-0.2, 0) is 11.3 Å². The molecule has 0 radical (unpaired) electrons. The van der Waals surface area contributed by atoms with Crippen LogP contribution in [0.3, 0.4) is 0 Å². The zero-order valence-corrected chi connectivity index (χ0v) is 14.5. The Balaban J connectivity index is 1.90. The Labute approximate surface area is 143 Å². The molecule has 0 atom stereocenters. The summed E-state index contributed by atoms with van der Waals surface area (Å²) in [6.45, 7) is 7.01. The molecule has 0 aliphatic rings. The zero-order valence-electron chi connectivity index (χ0n) is 14.5. The van der Waals surface area contributed by atoms with Crippen LogP contribution in [0.5, 0.6) is 0 Å². The first kappa shape index (κ1) is 17.7. The van der Waals surface area contributed by atoms with Gasteiger partial charge < -0.3 is 10.2 Å². The summed E-state index contributed by atoms with van der Waals surface area (Å²) in [6.07, 6.45) is 0. The molecule has 0 heterocycles. The van der Waals surface area contributed by atoms with Gasteiger partial charge in [-0.3, -0.25) is 9.59 Å². The van der Waals surface area contributed by atoms with E-state index in [4.69, 9.17) is 0 Å². The maximum absolute atomic E-state index is 12.1. The minimum atomic E-state index is -0.113. The summed E-state index contributed by atoms with van der Waals surface area (Å²) in [5, 5.41) is 2.88. The van der Waals surface area contributed by atoms with Gasteiger partial charge in [0.25, 0.3) is 5.91 Å². The second-order valence-electron chi connectivity index (χ2n) is 6.06. The summed E-state index contributed by atoms with van der Waals surface area (Å²) in [4.78, 5) is 25.7. The predicted octanol–water partition coefficient (Wildman–Crippen LogP) is 3.08. The van der Waals surface area contributed by atoms with Crippen molar-refractivity contribution in [3.63, 3.8) is 0 Å². The highest BCUT2D eigenvalue weighted by molar-refractivity contribution is 5.94. The molecule has 4 nitrogen and oxygen atoms in total. The SMILES string of the molecule is CC(=O)N(CCNC(=O)c1cccc(C)c1)Cc1cccc(C)c1. The second kappa shape index (κ2) is 8.29. The third kappa shape index (κ3) is 5.23. The first-order valence-electron chi connectivity index (χ1n) is 8.11. The topological polar surface area (TPSA) is 49.4 Å². The van der Waals surface area contributed by atoms with E-state index in [0.29, 0.717) is 25.2 Å². The van der Waals surface area contributed by atoms with Crippen molar-refractivity contribution in [3.8, 4) is 0 Å². The molecule has 0 bridgehead atoms. The first-order chi connectivity index (χ1) is 11.5. The highest BCUT2D eigenvalue weighted by Crippen LogP contribution is 2.08. The molecule has 126 valence electrons. The van der Waals surface area contributed by atoms with E-state index in [9.17, 15) is 9.59 Å². The van der Waals surface area contributed by atoms with Gasteiger partial charge in [-0.15, -0.1) is 0 Å². The summed E-state index contributed by atoms with van der Waals surface area (Å²) < 4.78 is 0. The van der Waals surface area contributed by atoms with E-state index < -0.39 is 0 Å². The normalized spacial score (nSPS) is 10.3. The summed E-state index contributed by atoms with van der Waals surface area (Å²) in [5.74, 6) is -0.112. The van der Waals surface area contributed by atoms with Gasteiger partial charge in [0.05, 0.1) is 0 Å². The van der Waals surface area contributed by atoms with Crippen LogP contribution in [0.15, 0.2) is 48.5 Å². The fraction of sp³-hybridized carbons (Fsp3) is 0.300. The van der Waals surface area contributed by atoms with Crippen molar-refractivity contribution >= 4 is 11.8 Å². The third-order valence-corrected chi connectivity index (χ3v) is 3.85. The maximum atomic E-state index is 12.1. The lowest BCUT2D eigenvalue weighted by Crippen LogP contribution is -2.37. The number of aryl methyl sites for hydroxylation is 2. The number of hydrogen-bond acceptors (Lipinski definition) is 2. The van der Waals surface area contributed by atoms with Gasteiger partial charge in [0.2, 0.25) is 5.91 Å². The van der Waals surface area contributed by atoms with Crippen molar-refractivity contribution in [1.29, 1.82) is 0 Å². The average Bonchev–Trinajstić information content (AvgIpc) is 2.53. The fourth-order valence-corrected chi connectivity index (χ4v) is 2.57. The van der Waals surface area contributed by atoms with Crippen molar-refractivity contribution in [2.24, 2.45) is 0 Å². The number of hydrogen-bond donors (Lipinski definition) is 1. The van der Waals surface area contributed by atoms with Crippen molar-refractivity contribution in [2.45, 2.75) is 27.3 Å². The van der Waals surface area contributed by atoms with Gasteiger partial charge in [0.15, 0.2) is 0 Å². The molecule has 2 aromatic carbocycles.